The largest absolute Gasteiger partial charge is 0.547 e. The molecule has 12 nitrogen and oxygen atoms in total. The summed E-state index contributed by atoms with van der Waals surface area (Å²) < 4.78 is 5.29. The van der Waals surface area contributed by atoms with Crippen LogP contribution in [-0.2, 0) is 16.0 Å². The first kappa shape index (κ1) is 21.1. The zero-order valence-corrected chi connectivity index (χ0v) is 15.9. The van der Waals surface area contributed by atoms with Gasteiger partial charge in [-0.15, -0.1) is 11.3 Å². The Hall–Kier alpha value is -3.65. The van der Waals surface area contributed by atoms with Gasteiger partial charge in [-0.2, -0.15) is 0 Å². The van der Waals surface area contributed by atoms with Crippen LogP contribution in [0, 0.1) is 0 Å². The van der Waals surface area contributed by atoms with E-state index >= 15 is 0 Å². The van der Waals surface area contributed by atoms with Crippen molar-refractivity contribution >= 4 is 47.1 Å². The van der Waals surface area contributed by atoms with Crippen molar-refractivity contribution in [3.63, 3.8) is 0 Å². The lowest BCUT2D eigenvalue weighted by Crippen LogP contribution is -2.54. The number of nitrogens with zero attached hydrogens (tertiary/aromatic N) is 2. The summed E-state index contributed by atoms with van der Waals surface area (Å²) in [6.07, 6.45) is 0.0740. The Morgan fingerprint density at radius 2 is 2.10 bits per heavy atom. The van der Waals surface area contributed by atoms with Gasteiger partial charge in [-0.1, -0.05) is 17.3 Å². The molecule has 0 radical (unpaired) electrons. The lowest BCUT2D eigenvalue weighted by molar-refractivity contribution is -0.135. The number of aromatic nitrogens is 1. The smallest absolute Gasteiger partial charge is 0.534 e. The van der Waals surface area contributed by atoms with E-state index in [0.29, 0.717) is 5.56 Å². The maximum atomic E-state index is 12.5. The number of anilines is 1. The van der Waals surface area contributed by atoms with Gasteiger partial charge >= 0.3 is 19.1 Å². The second-order valence-corrected chi connectivity index (χ2v) is 6.98. The van der Waals surface area contributed by atoms with Crippen LogP contribution in [0.15, 0.2) is 28.7 Å². The quantitative estimate of drug-likeness (QED) is 0.145. The second kappa shape index (κ2) is 8.79. The molecule has 14 heteroatoms. The Kier molecular flexibility index (Phi) is 6.18. The minimum atomic E-state index is -1.54. The summed E-state index contributed by atoms with van der Waals surface area (Å²) in [5.41, 5.74) is -0.0980. The van der Waals surface area contributed by atoms with E-state index in [4.69, 9.17) is 9.76 Å². The fourth-order valence-corrected chi connectivity index (χ4v) is 3.47. The summed E-state index contributed by atoms with van der Waals surface area (Å²) in [6, 6.07) is 4.46. The van der Waals surface area contributed by atoms with E-state index in [1.54, 1.807) is 6.07 Å². The maximum Gasteiger partial charge on any atom is 0.547 e. The Morgan fingerprint density at radius 1 is 1.33 bits per heavy atom. The SMILES string of the molecule is O=C(O)CNc1nc(/C(=N/O)C(=O)N[C@H]2Cc3cccc(C(=O)O)c3OB2O)cs1. The molecule has 30 heavy (non-hydrogen) atoms. The van der Waals surface area contributed by atoms with E-state index < -0.39 is 36.6 Å². The number of amides is 1. The number of fused-ring (bicyclic) bond motifs is 1. The molecule has 1 aliphatic rings. The molecule has 1 amide bonds. The Morgan fingerprint density at radius 3 is 2.77 bits per heavy atom. The van der Waals surface area contributed by atoms with Crippen molar-refractivity contribution in [2.24, 2.45) is 5.16 Å². The van der Waals surface area contributed by atoms with Crippen molar-refractivity contribution in [2.45, 2.75) is 12.4 Å². The molecular formula is C16H15BN4O8S. The van der Waals surface area contributed by atoms with Crippen LogP contribution in [0.25, 0.3) is 0 Å². The van der Waals surface area contributed by atoms with Crippen molar-refractivity contribution in [2.75, 3.05) is 11.9 Å². The Bertz CT molecular complexity index is 1030. The van der Waals surface area contributed by atoms with Gasteiger partial charge in [-0.25, -0.2) is 9.78 Å². The van der Waals surface area contributed by atoms with E-state index in [2.05, 4.69) is 20.8 Å². The van der Waals surface area contributed by atoms with Gasteiger partial charge in [0.05, 0.1) is 11.5 Å². The van der Waals surface area contributed by atoms with Gasteiger partial charge < -0.3 is 35.7 Å². The number of hydrogen-bond acceptors (Lipinski definition) is 10. The van der Waals surface area contributed by atoms with Gasteiger partial charge in [0, 0.05) is 5.38 Å². The standard InChI is InChI=1S/C16H15BN4O8S/c22-11(23)5-18-16-19-9(6-30-16)12(21-28)14(24)20-10-4-7-2-1-3-8(15(25)26)13(7)29-17(10)27/h1-3,6,10,27-28H,4-5H2,(H,18,19)(H,20,24)(H,22,23)(H,25,26)/b21-12-/t10-/m0/s1. The first-order valence-corrected chi connectivity index (χ1v) is 9.32. The molecule has 1 aromatic carbocycles. The first-order valence-electron chi connectivity index (χ1n) is 8.44. The van der Waals surface area contributed by atoms with Crippen LogP contribution >= 0.6 is 11.3 Å². The zero-order valence-electron chi connectivity index (χ0n) is 15.1. The number of aromatic carboxylic acids is 1. The lowest BCUT2D eigenvalue weighted by Gasteiger charge is -2.28. The van der Waals surface area contributed by atoms with Crippen LogP contribution in [0.2, 0.25) is 0 Å². The molecular weight excluding hydrogens is 419 g/mol. The van der Waals surface area contributed by atoms with E-state index in [0.717, 1.165) is 11.3 Å². The highest BCUT2D eigenvalue weighted by molar-refractivity contribution is 7.14. The number of hydrogen-bond donors (Lipinski definition) is 6. The summed E-state index contributed by atoms with van der Waals surface area (Å²) in [6.45, 7) is -0.381. The van der Waals surface area contributed by atoms with Crippen molar-refractivity contribution in [1.29, 1.82) is 0 Å². The number of carboxylic acids is 2. The van der Waals surface area contributed by atoms with E-state index in [1.165, 1.54) is 17.5 Å². The van der Waals surface area contributed by atoms with Crippen molar-refractivity contribution < 1.29 is 39.5 Å². The minimum absolute atomic E-state index is 0.00679. The summed E-state index contributed by atoms with van der Waals surface area (Å²) >= 11 is 1.01. The fourth-order valence-electron chi connectivity index (χ4n) is 2.78. The van der Waals surface area contributed by atoms with Crippen LogP contribution in [0.5, 0.6) is 5.75 Å². The van der Waals surface area contributed by atoms with E-state index in [-0.39, 0.29) is 35.1 Å². The highest BCUT2D eigenvalue weighted by Crippen LogP contribution is 2.30. The number of thiazole rings is 1. The average molecular weight is 434 g/mol. The third kappa shape index (κ3) is 4.50. The molecule has 156 valence electrons. The number of carboxylic acid groups (broad SMARTS) is 2. The maximum absolute atomic E-state index is 12.5. The van der Waals surface area contributed by atoms with Gasteiger partial charge in [0.1, 0.15) is 18.0 Å². The average Bonchev–Trinajstić information content (AvgIpc) is 3.15. The summed E-state index contributed by atoms with van der Waals surface area (Å²) in [5, 5.41) is 46.9. The molecule has 1 aliphatic heterocycles. The van der Waals surface area contributed by atoms with Gasteiger partial charge in [-0.05, 0) is 18.1 Å². The number of carbonyl (C=O) groups excluding carboxylic acids is 1. The number of carbonyl (C=O) groups is 3. The minimum Gasteiger partial charge on any atom is -0.534 e. The fraction of sp³-hybridized carbons (Fsp3) is 0.188. The molecule has 0 fully saturated rings. The Labute approximate surface area is 173 Å². The van der Waals surface area contributed by atoms with Crippen molar-refractivity contribution in [1.82, 2.24) is 10.3 Å². The highest BCUT2D eigenvalue weighted by Gasteiger charge is 2.38. The molecule has 2 heterocycles. The third-order valence-electron chi connectivity index (χ3n) is 4.12. The molecule has 3 rings (SSSR count). The molecule has 0 unspecified atom stereocenters. The van der Waals surface area contributed by atoms with Gasteiger partial charge in [0.15, 0.2) is 10.8 Å². The molecule has 6 N–H and O–H groups in total. The van der Waals surface area contributed by atoms with Gasteiger partial charge in [0.2, 0.25) is 0 Å². The normalized spacial score (nSPS) is 15.7. The van der Waals surface area contributed by atoms with Crippen LogP contribution in [-0.4, -0.2) is 68.6 Å². The molecule has 2 aromatic rings. The van der Waals surface area contributed by atoms with E-state index in [1.807, 2.05) is 0 Å². The van der Waals surface area contributed by atoms with Crippen molar-refractivity contribution in [3.05, 3.63) is 40.4 Å². The predicted octanol–water partition coefficient (Wildman–Crippen LogP) is -0.344. The highest BCUT2D eigenvalue weighted by atomic mass is 32.1. The summed E-state index contributed by atoms with van der Waals surface area (Å²) in [7, 11) is -1.54. The summed E-state index contributed by atoms with van der Waals surface area (Å²) in [4.78, 5) is 38.4. The predicted molar refractivity (Wildman–Crippen MR) is 104 cm³/mol. The van der Waals surface area contributed by atoms with Crippen LogP contribution in [0.3, 0.4) is 0 Å². The molecule has 0 bridgehead atoms. The lowest BCUT2D eigenvalue weighted by atomic mass is 9.72. The molecule has 0 saturated heterocycles. The first-order chi connectivity index (χ1) is 14.3. The van der Waals surface area contributed by atoms with Crippen LogP contribution in [0.1, 0.15) is 21.6 Å². The van der Waals surface area contributed by atoms with Crippen LogP contribution in [0.4, 0.5) is 5.13 Å². The molecule has 0 saturated carbocycles. The third-order valence-corrected chi connectivity index (χ3v) is 4.92. The number of oxime groups is 1. The zero-order chi connectivity index (χ0) is 21.8. The summed E-state index contributed by atoms with van der Waals surface area (Å²) in [5.74, 6) is -4.11. The molecule has 0 spiro atoms. The number of para-hydroxylation sites is 1. The monoisotopic (exact) mass is 434 g/mol. The molecule has 1 aromatic heterocycles. The van der Waals surface area contributed by atoms with Crippen molar-refractivity contribution in [3.8, 4) is 5.75 Å². The molecule has 0 aliphatic carbocycles. The number of rotatable bonds is 7. The number of benzene rings is 1. The van der Waals surface area contributed by atoms with Gasteiger partial charge in [0.25, 0.3) is 5.91 Å². The Balaban J connectivity index is 1.73. The number of aliphatic carboxylic acids is 1. The number of nitrogens with one attached hydrogen (secondary N) is 2. The van der Waals surface area contributed by atoms with Crippen LogP contribution < -0.4 is 15.3 Å². The topological polar surface area (TPSA) is 191 Å². The van der Waals surface area contributed by atoms with E-state index in [9.17, 15) is 29.7 Å². The molecule has 1 atom stereocenters. The second-order valence-electron chi connectivity index (χ2n) is 6.13. The van der Waals surface area contributed by atoms with Gasteiger partial charge in [-0.3, -0.25) is 9.59 Å².